The number of nitrogens with one attached hydrogen (secondary N) is 3. The second-order valence-corrected chi connectivity index (χ2v) is 7.89. The van der Waals surface area contributed by atoms with Crippen molar-refractivity contribution in [2.75, 3.05) is 13.7 Å². The van der Waals surface area contributed by atoms with Gasteiger partial charge in [-0.25, -0.2) is 14.2 Å². The summed E-state index contributed by atoms with van der Waals surface area (Å²) in [6, 6.07) is 10.4. The number of nitrogens with zero attached hydrogens (tertiary/aromatic N) is 1. The standard InChI is InChI=1S/C23H28ClFN4O4/c1-14(2)33-20-10-9-18(11-19(20)24)28-22(26-13-16-5-7-17(25)8-6-16)29-23(31)27-12-15(3)21(30)32-4/h5-11,14-15H,12-13H2,1-4H3,(H3,26,27,28,29,31)/t15-/m0/s1. The number of rotatable bonds is 8. The van der Waals surface area contributed by atoms with E-state index < -0.39 is 17.9 Å². The lowest BCUT2D eigenvalue weighted by molar-refractivity contribution is -0.144. The van der Waals surface area contributed by atoms with Crippen molar-refractivity contribution in [1.82, 2.24) is 16.0 Å². The zero-order chi connectivity index (χ0) is 24.4. The lowest BCUT2D eigenvalue weighted by Crippen LogP contribution is -2.47. The molecule has 0 aliphatic rings. The molecule has 0 aliphatic carbocycles. The molecule has 1 atom stereocenters. The first kappa shape index (κ1) is 25.9. The van der Waals surface area contributed by atoms with E-state index >= 15 is 0 Å². The van der Waals surface area contributed by atoms with Crippen molar-refractivity contribution in [3.8, 4) is 5.75 Å². The quantitative estimate of drug-likeness (QED) is 0.300. The molecule has 0 bridgehead atoms. The Hall–Kier alpha value is -3.33. The molecule has 0 radical (unpaired) electrons. The van der Waals surface area contributed by atoms with E-state index in [4.69, 9.17) is 16.3 Å². The largest absolute Gasteiger partial charge is 0.489 e. The Kier molecular flexibility index (Phi) is 9.93. The van der Waals surface area contributed by atoms with Crippen LogP contribution in [0.4, 0.5) is 14.9 Å². The number of esters is 1. The first-order chi connectivity index (χ1) is 15.7. The number of methoxy groups -OCH3 is 1. The Morgan fingerprint density at radius 1 is 1.09 bits per heavy atom. The number of ether oxygens (including phenoxy) is 2. The van der Waals surface area contributed by atoms with Gasteiger partial charge in [-0.3, -0.25) is 10.1 Å². The zero-order valence-corrected chi connectivity index (χ0v) is 19.7. The summed E-state index contributed by atoms with van der Waals surface area (Å²) in [5, 5.41) is 8.59. The molecule has 10 heteroatoms. The summed E-state index contributed by atoms with van der Waals surface area (Å²) in [6.45, 7) is 5.78. The van der Waals surface area contributed by atoms with E-state index in [2.05, 4.69) is 25.7 Å². The predicted molar refractivity (Wildman–Crippen MR) is 125 cm³/mol. The van der Waals surface area contributed by atoms with Gasteiger partial charge in [-0.05, 0) is 49.7 Å². The van der Waals surface area contributed by atoms with Crippen LogP contribution in [-0.2, 0) is 16.1 Å². The van der Waals surface area contributed by atoms with E-state index in [1.807, 2.05) is 13.8 Å². The molecule has 8 nitrogen and oxygen atoms in total. The monoisotopic (exact) mass is 478 g/mol. The molecule has 0 spiro atoms. The molecule has 0 aromatic heterocycles. The fourth-order valence-electron chi connectivity index (χ4n) is 2.62. The second-order valence-electron chi connectivity index (χ2n) is 7.48. The van der Waals surface area contributed by atoms with Crippen molar-refractivity contribution in [3.63, 3.8) is 0 Å². The van der Waals surface area contributed by atoms with Crippen molar-refractivity contribution >= 4 is 35.2 Å². The molecular weight excluding hydrogens is 451 g/mol. The lowest BCUT2D eigenvalue weighted by atomic mass is 10.2. The van der Waals surface area contributed by atoms with Crippen LogP contribution >= 0.6 is 11.6 Å². The fraction of sp³-hybridized carbons (Fsp3) is 0.348. The van der Waals surface area contributed by atoms with Crippen molar-refractivity contribution in [1.29, 1.82) is 0 Å². The third-order valence-corrected chi connectivity index (χ3v) is 4.59. The van der Waals surface area contributed by atoms with E-state index in [1.165, 1.54) is 19.2 Å². The van der Waals surface area contributed by atoms with Gasteiger partial charge < -0.3 is 20.1 Å². The molecule has 0 heterocycles. The highest BCUT2D eigenvalue weighted by molar-refractivity contribution is 6.32. The zero-order valence-electron chi connectivity index (χ0n) is 18.9. The second kappa shape index (κ2) is 12.6. The van der Waals surface area contributed by atoms with Crippen LogP contribution in [-0.4, -0.2) is 37.7 Å². The number of carbonyl (C=O) groups excluding carboxylic acids is 2. The van der Waals surface area contributed by atoms with Gasteiger partial charge in [-0.2, -0.15) is 0 Å². The molecule has 33 heavy (non-hydrogen) atoms. The third-order valence-electron chi connectivity index (χ3n) is 4.30. The molecule has 0 unspecified atom stereocenters. The summed E-state index contributed by atoms with van der Waals surface area (Å²) in [7, 11) is 1.28. The summed E-state index contributed by atoms with van der Waals surface area (Å²) in [5.41, 5.74) is 1.25. The summed E-state index contributed by atoms with van der Waals surface area (Å²) in [6.07, 6.45) is -0.0393. The number of hydrogen-bond donors (Lipinski definition) is 3. The SMILES string of the molecule is COC(=O)[C@@H](C)CNC(=O)N/C(=N\c1ccc(OC(C)C)c(Cl)c1)NCc1ccc(F)cc1. The minimum absolute atomic E-state index is 0.0393. The molecule has 2 rings (SSSR count). The van der Waals surface area contributed by atoms with E-state index in [0.717, 1.165) is 5.56 Å². The first-order valence-electron chi connectivity index (χ1n) is 10.3. The van der Waals surface area contributed by atoms with Crippen LogP contribution in [0.5, 0.6) is 5.75 Å². The van der Waals surface area contributed by atoms with Crippen LogP contribution < -0.4 is 20.7 Å². The third kappa shape index (κ3) is 8.97. The Morgan fingerprint density at radius 3 is 2.39 bits per heavy atom. The van der Waals surface area contributed by atoms with Crippen molar-refractivity contribution in [3.05, 3.63) is 58.9 Å². The van der Waals surface area contributed by atoms with Crippen molar-refractivity contribution in [2.45, 2.75) is 33.4 Å². The maximum absolute atomic E-state index is 13.2. The minimum atomic E-state index is -0.568. The summed E-state index contributed by atoms with van der Waals surface area (Å²) in [4.78, 5) is 28.3. The van der Waals surface area contributed by atoms with Crippen LogP contribution in [0.3, 0.4) is 0 Å². The summed E-state index contributed by atoms with van der Waals surface area (Å²) < 4.78 is 23.4. The number of guanidine groups is 1. The smallest absolute Gasteiger partial charge is 0.321 e. The van der Waals surface area contributed by atoms with Gasteiger partial charge >= 0.3 is 12.0 Å². The number of aliphatic imine (C=N–C) groups is 1. The van der Waals surface area contributed by atoms with Crippen molar-refractivity contribution < 1.29 is 23.5 Å². The molecule has 3 N–H and O–H groups in total. The normalized spacial score (nSPS) is 12.2. The molecule has 0 fully saturated rings. The minimum Gasteiger partial charge on any atom is -0.489 e. The number of carbonyl (C=O) groups is 2. The van der Waals surface area contributed by atoms with Gasteiger partial charge in [0, 0.05) is 13.1 Å². The Bertz CT molecular complexity index is 983. The van der Waals surface area contributed by atoms with Gasteiger partial charge in [-0.15, -0.1) is 0 Å². The molecule has 0 saturated heterocycles. The van der Waals surface area contributed by atoms with Crippen LogP contribution in [0.15, 0.2) is 47.5 Å². The summed E-state index contributed by atoms with van der Waals surface area (Å²) >= 11 is 6.28. The Balaban J connectivity index is 2.15. The Morgan fingerprint density at radius 2 is 1.79 bits per heavy atom. The van der Waals surface area contributed by atoms with Gasteiger partial charge in [0.2, 0.25) is 5.96 Å². The van der Waals surface area contributed by atoms with Crippen LogP contribution in [0.25, 0.3) is 0 Å². The molecule has 0 aliphatic heterocycles. The van der Waals surface area contributed by atoms with E-state index in [-0.39, 0.29) is 31.0 Å². The van der Waals surface area contributed by atoms with Gasteiger partial charge in [0.25, 0.3) is 0 Å². The van der Waals surface area contributed by atoms with Crippen LogP contribution in [0, 0.1) is 11.7 Å². The molecule has 178 valence electrons. The van der Waals surface area contributed by atoms with Crippen LogP contribution in [0.1, 0.15) is 26.3 Å². The number of hydrogen-bond acceptors (Lipinski definition) is 5. The number of amides is 2. The predicted octanol–water partition coefficient (Wildman–Crippen LogP) is 4.15. The average Bonchev–Trinajstić information content (AvgIpc) is 2.77. The van der Waals surface area contributed by atoms with Crippen LogP contribution in [0.2, 0.25) is 5.02 Å². The molecule has 0 saturated carbocycles. The maximum atomic E-state index is 13.2. The maximum Gasteiger partial charge on any atom is 0.321 e. The Labute approximate surface area is 197 Å². The summed E-state index contributed by atoms with van der Waals surface area (Å²) in [5.74, 6) is -0.633. The van der Waals surface area contributed by atoms with Gasteiger partial charge in [0.05, 0.1) is 29.8 Å². The first-order valence-corrected chi connectivity index (χ1v) is 10.7. The van der Waals surface area contributed by atoms with Gasteiger partial charge in [0.15, 0.2) is 0 Å². The van der Waals surface area contributed by atoms with Gasteiger partial charge in [0.1, 0.15) is 11.6 Å². The molecule has 2 aromatic rings. The van der Waals surface area contributed by atoms with Crippen molar-refractivity contribution in [2.24, 2.45) is 10.9 Å². The topological polar surface area (TPSA) is 101 Å². The highest BCUT2D eigenvalue weighted by atomic mass is 35.5. The average molecular weight is 479 g/mol. The fourth-order valence-corrected chi connectivity index (χ4v) is 2.84. The van der Waals surface area contributed by atoms with E-state index in [1.54, 1.807) is 37.3 Å². The molecular formula is C23H28ClFN4O4. The molecule has 2 amide bonds. The number of urea groups is 1. The lowest BCUT2D eigenvalue weighted by Gasteiger charge is -2.15. The highest BCUT2D eigenvalue weighted by Crippen LogP contribution is 2.29. The molecule has 2 aromatic carbocycles. The highest BCUT2D eigenvalue weighted by Gasteiger charge is 2.15. The number of halogens is 2. The van der Waals surface area contributed by atoms with E-state index in [0.29, 0.717) is 16.5 Å². The van der Waals surface area contributed by atoms with E-state index in [9.17, 15) is 14.0 Å². The number of benzene rings is 2. The van der Waals surface area contributed by atoms with Gasteiger partial charge in [-0.1, -0.05) is 30.7 Å².